The first kappa shape index (κ1) is 19.1. The highest BCUT2D eigenvalue weighted by molar-refractivity contribution is 7.80. The molecule has 1 aliphatic rings. The molecule has 0 unspecified atom stereocenters. The minimum Gasteiger partial charge on any atom is -0.359 e. The molecule has 0 aliphatic carbocycles. The minimum atomic E-state index is -0.225. The maximum absolute atomic E-state index is 13.6. The van der Waals surface area contributed by atoms with E-state index in [1.54, 1.807) is 17.9 Å². The molecule has 3 N–H and O–H groups in total. The Labute approximate surface area is 164 Å². The van der Waals surface area contributed by atoms with Crippen molar-refractivity contribution in [1.29, 1.82) is 0 Å². The molecule has 2 aromatic carbocycles. The summed E-state index contributed by atoms with van der Waals surface area (Å²) in [5, 5.41) is 7.77. The van der Waals surface area contributed by atoms with E-state index in [4.69, 9.17) is 23.8 Å². The van der Waals surface area contributed by atoms with Crippen molar-refractivity contribution >= 4 is 34.6 Å². The number of quaternary nitrogens is 1. The third-order valence-electron chi connectivity index (χ3n) is 4.83. The van der Waals surface area contributed by atoms with E-state index in [-0.39, 0.29) is 5.82 Å². The van der Waals surface area contributed by atoms with Gasteiger partial charge in [0.05, 0.1) is 13.1 Å². The molecule has 0 aromatic heterocycles. The highest BCUT2D eigenvalue weighted by Crippen LogP contribution is 2.14. The predicted octanol–water partition coefficient (Wildman–Crippen LogP) is 3.32. The van der Waals surface area contributed by atoms with Crippen LogP contribution in [0.15, 0.2) is 42.5 Å². The monoisotopic (exact) mass is 392 g/mol. The molecule has 2 aromatic rings. The van der Waals surface area contributed by atoms with Gasteiger partial charge in [-0.05, 0) is 49.0 Å². The Morgan fingerprint density at radius 3 is 2.54 bits per heavy atom. The molecule has 0 spiro atoms. The molecule has 26 heavy (non-hydrogen) atoms. The first-order valence-electron chi connectivity index (χ1n) is 8.91. The lowest BCUT2D eigenvalue weighted by atomic mass is 10.0. The van der Waals surface area contributed by atoms with E-state index in [0.717, 1.165) is 37.5 Å². The first-order valence-corrected chi connectivity index (χ1v) is 9.70. The standard InChI is InChI=1S/C20H23ClFN3S/c1-14-2-7-18(12-19(14)22)24-20(26)23-17-8-10-25(11-9-17)13-15-3-5-16(21)6-4-15/h2-7,12,17H,8-11,13H2,1H3,(H2,23,24,26)/p+1. The van der Waals surface area contributed by atoms with Gasteiger partial charge in [-0.25, -0.2) is 4.39 Å². The molecule has 0 bridgehead atoms. The SMILES string of the molecule is Cc1ccc(NC(=S)NC2CC[NH+](Cc3ccc(Cl)cc3)CC2)cc1F. The summed E-state index contributed by atoms with van der Waals surface area (Å²) < 4.78 is 13.6. The molecule has 0 radical (unpaired) electrons. The van der Waals surface area contributed by atoms with Gasteiger partial charge < -0.3 is 15.5 Å². The topological polar surface area (TPSA) is 28.5 Å². The lowest BCUT2D eigenvalue weighted by Crippen LogP contribution is -3.12. The van der Waals surface area contributed by atoms with Crippen LogP contribution in [0.2, 0.25) is 5.02 Å². The highest BCUT2D eigenvalue weighted by atomic mass is 35.5. The molecule has 0 atom stereocenters. The van der Waals surface area contributed by atoms with Gasteiger partial charge in [0.15, 0.2) is 5.11 Å². The number of nitrogens with one attached hydrogen (secondary N) is 3. The van der Waals surface area contributed by atoms with Gasteiger partial charge in [0.25, 0.3) is 0 Å². The van der Waals surface area contributed by atoms with Crippen LogP contribution in [0, 0.1) is 12.7 Å². The first-order chi connectivity index (χ1) is 12.5. The summed E-state index contributed by atoms with van der Waals surface area (Å²) in [5.41, 5.74) is 2.62. The van der Waals surface area contributed by atoms with Gasteiger partial charge >= 0.3 is 0 Å². The van der Waals surface area contributed by atoms with E-state index in [2.05, 4.69) is 22.8 Å². The molecule has 1 saturated heterocycles. The van der Waals surface area contributed by atoms with Crippen LogP contribution in [0.25, 0.3) is 0 Å². The summed E-state index contributed by atoms with van der Waals surface area (Å²) >= 11 is 11.3. The average Bonchev–Trinajstić information content (AvgIpc) is 2.62. The van der Waals surface area contributed by atoms with Crippen molar-refractivity contribution in [2.75, 3.05) is 18.4 Å². The highest BCUT2D eigenvalue weighted by Gasteiger charge is 2.22. The van der Waals surface area contributed by atoms with E-state index in [1.165, 1.54) is 11.6 Å². The largest absolute Gasteiger partial charge is 0.359 e. The zero-order valence-corrected chi connectivity index (χ0v) is 16.4. The fraction of sp³-hybridized carbons (Fsp3) is 0.350. The number of piperidine rings is 1. The van der Waals surface area contributed by atoms with Gasteiger partial charge in [0.1, 0.15) is 12.4 Å². The van der Waals surface area contributed by atoms with Crippen molar-refractivity contribution in [2.24, 2.45) is 0 Å². The van der Waals surface area contributed by atoms with Gasteiger partial charge in [-0.1, -0.05) is 29.8 Å². The maximum Gasteiger partial charge on any atom is 0.171 e. The maximum atomic E-state index is 13.6. The second-order valence-corrected chi connectivity index (χ2v) is 7.73. The van der Waals surface area contributed by atoms with E-state index < -0.39 is 0 Å². The van der Waals surface area contributed by atoms with Crippen molar-refractivity contribution in [1.82, 2.24) is 5.32 Å². The van der Waals surface area contributed by atoms with E-state index >= 15 is 0 Å². The average molecular weight is 393 g/mol. The van der Waals surface area contributed by atoms with Crippen molar-refractivity contribution in [3.8, 4) is 0 Å². The van der Waals surface area contributed by atoms with Crippen LogP contribution in [0.5, 0.6) is 0 Å². The molecule has 6 heteroatoms. The van der Waals surface area contributed by atoms with Crippen LogP contribution in [0.3, 0.4) is 0 Å². The summed E-state index contributed by atoms with van der Waals surface area (Å²) in [6.45, 7) is 4.97. The Balaban J connectivity index is 1.43. The van der Waals surface area contributed by atoms with Crippen molar-refractivity contribution in [3.05, 3.63) is 64.4 Å². The van der Waals surface area contributed by atoms with Crippen molar-refractivity contribution < 1.29 is 9.29 Å². The van der Waals surface area contributed by atoms with E-state index in [9.17, 15) is 4.39 Å². The quantitative estimate of drug-likeness (QED) is 0.697. The smallest absolute Gasteiger partial charge is 0.171 e. The molecule has 138 valence electrons. The molecule has 1 fully saturated rings. The lowest BCUT2D eigenvalue weighted by molar-refractivity contribution is -0.918. The lowest BCUT2D eigenvalue weighted by Gasteiger charge is -2.30. The third kappa shape index (κ3) is 5.40. The normalized spacial score (nSPS) is 19.8. The fourth-order valence-electron chi connectivity index (χ4n) is 3.26. The molecule has 3 nitrogen and oxygen atoms in total. The van der Waals surface area contributed by atoms with Crippen LogP contribution in [-0.2, 0) is 6.54 Å². The van der Waals surface area contributed by atoms with E-state index in [0.29, 0.717) is 22.4 Å². The number of rotatable bonds is 4. The molecule has 0 amide bonds. The number of likely N-dealkylation sites (tertiary alicyclic amines) is 1. The molecule has 1 heterocycles. The number of anilines is 1. The summed E-state index contributed by atoms with van der Waals surface area (Å²) in [7, 11) is 0. The molecule has 1 aliphatic heterocycles. The summed E-state index contributed by atoms with van der Waals surface area (Å²) in [4.78, 5) is 1.57. The minimum absolute atomic E-state index is 0.225. The summed E-state index contributed by atoms with van der Waals surface area (Å²) in [6, 6.07) is 13.5. The van der Waals surface area contributed by atoms with Crippen LogP contribution in [0.4, 0.5) is 10.1 Å². The molecule has 0 saturated carbocycles. The van der Waals surface area contributed by atoms with Crippen LogP contribution in [-0.4, -0.2) is 24.2 Å². The van der Waals surface area contributed by atoms with E-state index in [1.807, 2.05) is 18.2 Å². The van der Waals surface area contributed by atoms with Crippen LogP contribution >= 0.6 is 23.8 Å². The number of hydrogen-bond acceptors (Lipinski definition) is 1. The number of benzene rings is 2. The van der Waals surface area contributed by atoms with Gasteiger partial charge in [0, 0.05) is 35.2 Å². The predicted molar refractivity (Wildman–Crippen MR) is 109 cm³/mol. The Kier molecular flexibility index (Phi) is 6.46. The second kappa shape index (κ2) is 8.80. The zero-order valence-electron chi connectivity index (χ0n) is 14.8. The summed E-state index contributed by atoms with van der Waals surface area (Å²) in [6.07, 6.45) is 2.13. The Hall–Kier alpha value is -1.69. The van der Waals surface area contributed by atoms with Crippen LogP contribution < -0.4 is 15.5 Å². The van der Waals surface area contributed by atoms with Gasteiger partial charge in [-0.15, -0.1) is 0 Å². The third-order valence-corrected chi connectivity index (χ3v) is 5.30. The fourth-order valence-corrected chi connectivity index (χ4v) is 3.67. The van der Waals surface area contributed by atoms with Gasteiger partial charge in [-0.3, -0.25) is 0 Å². The summed E-state index contributed by atoms with van der Waals surface area (Å²) in [5.74, 6) is -0.225. The number of hydrogen-bond donors (Lipinski definition) is 3. The number of thiocarbonyl (C=S) groups is 1. The van der Waals surface area contributed by atoms with Crippen molar-refractivity contribution in [2.45, 2.75) is 32.4 Å². The number of halogens is 2. The van der Waals surface area contributed by atoms with Gasteiger partial charge in [-0.2, -0.15) is 0 Å². The second-order valence-electron chi connectivity index (χ2n) is 6.89. The Bertz CT molecular complexity index is 758. The molecular weight excluding hydrogens is 369 g/mol. The zero-order chi connectivity index (χ0) is 18.5. The Morgan fingerprint density at radius 1 is 1.19 bits per heavy atom. The van der Waals surface area contributed by atoms with Crippen LogP contribution in [0.1, 0.15) is 24.0 Å². The Morgan fingerprint density at radius 2 is 1.88 bits per heavy atom. The van der Waals surface area contributed by atoms with Crippen molar-refractivity contribution in [3.63, 3.8) is 0 Å². The molecular formula is C20H24ClFN3S+. The number of aryl methyl sites for hydroxylation is 1. The molecule has 3 rings (SSSR count). The van der Waals surface area contributed by atoms with Gasteiger partial charge in [0.2, 0.25) is 0 Å².